The fourth-order valence-corrected chi connectivity index (χ4v) is 2.47. The number of urea groups is 1. The van der Waals surface area contributed by atoms with Gasteiger partial charge in [0.1, 0.15) is 0 Å². The van der Waals surface area contributed by atoms with Crippen LogP contribution in [-0.2, 0) is 9.53 Å². The van der Waals surface area contributed by atoms with Crippen molar-refractivity contribution < 1.29 is 28.6 Å². The van der Waals surface area contributed by atoms with Crippen LogP contribution >= 0.6 is 15.9 Å². The first-order valence-corrected chi connectivity index (χ1v) is 8.81. The molecule has 0 aliphatic carbocycles. The number of methoxy groups -OCH3 is 1. The van der Waals surface area contributed by atoms with E-state index in [2.05, 4.69) is 26.6 Å². The number of benzene rings is 1. The van der Waals surface area contributed by atoms with Crippen LogP contribution in [0.3, 0.4) is 0 Å². The summed E-state index contributed by atoms with van der Waals surface area (Å²) < 4.78 is 16.3. The highest BCUT2D eigenvalue weighted by Gasteiger charge is 2.23. The van der Waals surface area contributed by atoms with Gasteiger partial charge in [0, 0.05) is 6.04 Å². The molecule has 26 heavy (non-hydrogen) atoms. The minimum Gasteiger partial charge on any atom is -0.493 e. The summed E-state index contributed by atoms with van der Waals surface area (Å²) in [6, 6.07) is 2.17. The molecular weight excluding hydrogens is 408 g/mol. The summed E-state index contributed by atoms with van der Waals surface area (Å²) in [7, 11) is 1.45. The maximum atomic E-state index is 12.3. The summed E-state index contributed by atoms with van der Waals surface area (Å²) >= 11 is 3.31. The van der Waals surface area contributed by atoms with E-state index in [4.69, 9.17) is 14.2 Å². The Bertz CT molecular complexity index is 677. The molecule has 0 aromatic heterocycles. The second kappa shape index (κ2) is 10.0. The van der Waals surface area contributed by atoms with E-state index in [1.165, 1.54) is 26.2 Å². The van der Waals surface area contributed by atoms with Crippen LogP contribution in [0.15, 0.2) is 16.6 Å². The van der Waals surface area contributed by atoms with Crippen LogP contribution in [-0.4, -0.2) is 43.8 Å². The predicted molar refractivity (Wildman–Crippen MR) is 98.6 cm³/mol. The zero-order valence-corrected chi connectivity index (χ0v) is 16.9. The number of imide groups is 1. The molecule has 1 aromatic rings. The van der Waals surface area contributed by atoms with Crippen LogP contribution in [0.25, 0.3) is 0 Å². The molecule has 0 spiro atoms. The third-order valence-corrected chi connectivity index (χ3v) is 3.65. The third kappa shape index (κ3) is 6.21. The van der Waals surface area contributed by atoms with E-state index < -0.39 is 24.0 Å². The minimum absolute atomic E-state index is 0.130. The first-order chi connectivity index (χ1) is 12.2. The average Bonchev–Trinajstić information content (AvgIpc) is 2.55. The van der Waals surface area contributed by atoms with Crippen molar-refractivity contribution in [1.82, 2.24) is 10.6 Å². The molecule has 2 N–H and O–H groups in total. The SMILES string of the molecule is CCOc1c(Br)cc(C(=O)OC(C)C(=O)NC(=O)NC(C)C)cc1OC. The molecule has 0 saturated heterocycles. The van der Waals surface area contributed by atoms with Gasteiger partial charge in [0.25, 0.3) is 5.91 Å². The van der Waals surface area contributed by atoms with Crippen molar-refractivity contribution in [2.75, 3.05) is 13.7 Å². The van der Waals surface area contributed by atoms with E-state index in [0.29, 0.717) is 22.6 Å². The van der Waals surface area contributed by atoms with Crippen LogP contribution in [0.4, 0.5) is 4.79 Å². The van der Waals surface area contributed by atoms with Crippen molar-refractivity contribution in [2.24, 2.45) is 0 Å². The number of hydrogen-bond donors (Lipinski definition) is 2. The number of ether oxygens (including phenoxy) is 3. The molecule has 0 bridgehead atoms. The molecule has 144 valence electrons. The Balaban J connectivity index is 2.82. The van der Waals surface area contributed by atoms with Crippen molar-refractivity contribution in [3.05, 3.63) is 22.2 Å². The number of halogens is 1. The second-order valence-electron chi connectivity index (χ2n) is 5.59. The van der Waals surface area contributed by atoms with Crippen LogP contribution in [0, 0.1) is 0 Å². The number of nitrogens with one attached hydrogen (secondary N) is 2. The molecule has 1 aromatic carbocycles. The van der Waals surface area contributed by atoms with Crippen molar-refractivity contribution in [3.8, 4) is 11.5 Å². The molecule has 0 aliphatic heterocycles. The molecule has 3 amide bonds. The normalized spacial score (nSPS) is 11.5. The molecule has 0 aliphatic rings. The van der Waals surface area contributed by atoms with Crippen molar-refractivity contribution >= 4 is 33.8 Å². The second-order valence-corrected chi connectivity index (χ2v) is 6.44. The lowest BCUT2D eigenvalue weighted by Crippen LogP contribution is -2.46. The van der Waals surface area contributed by atoms with E-state index in [-0.39, 0.29) is 11.6 Å². The Morgan fingerprint density at radius 1 is 1.19 bits per heavy atom. The Morgan fingerprint density at radius 2 is 1.85 bits per heavy atom. The zero-order valence-electron chi connectivity index (χ0n) is 15.3. The summed E-state index contributed by atoms with van der Waals surface area (Å²) in [6.07, 6.45) is -1.16. The highest BCUT2D eigenvalue weighted by Crippen LogP contribution is 2.36. The van der Waals surface area contributed by atoms with Gasteiger partial charge in [-0.15, -0.1) is 0 Å². The van der Waals surface area contributed by atoms with Crippen LogP contribution in [0.5, 0.6) is 11.5 Å². The molecule has 0 fully saturated rings. The zero-order chi connectivity index (χ0) is 19.9. The summed E-state index contributed by atoms with van der Waals surface area (Å²) in [5.74, 6) is -0.656. The molecule has 1 unspecified atom stereocenters. The van der Waals surface area contributed by atoms with Gasteiger partial charge in [-0.3, -0.25) is 10.1 Å². The first kappa shape index (κ1) is 21.8. The van der Waals surface area contributed by atoms with E-state index in [0.717, 1.165) is 0 Å². The van der Waals surface area contributed by atoms with Crippen molar-refractivity contribution in [1.29, 1.82) is 0 Å². The molecule has 9 heteroatoms. The lowest BCUT2D eigenvalue weighted by molar-refractivity contribution is -0.127. The third-order valence-electron chi connectivity index (χ3n) is 3.06. The highest BCUT2D eigenvalue weighted by molar-refractivity contribution is 9.10. The lowest BCUT2D eigenvalue weighted by atomic mass is 10.2. The van der Waals surface area contributed by atoms with Gasteiger partial charge >= 0.3 is 12.0 Å². The Labute approximate surface area is 160 Å². The Kier molecular flexibility index (Phi) is 8.37. The molecular formula is C17H23BrN2O6. The molecule has 0 heterocycles. The first-order valence-electron chi connectivity index (χ1n) is 8.02. The number of esters is 1. The van der Waals surface area contributed by atoms with E-state index >= 15 is 0 Å². The van der Waals surface area contributed by atoms with E-state index in [1.807, 2.05) is 6.92 Å². The van der Waals surface area contributed by atoms with E-state index in [9.17, 15) is 14.4 Å². The quantitative estimate of drug-likeness (QED) is 0.644. The number of rotatable bonds is 7. The lowest BCUT2D eigenvalue weighted by Gasteiger charge is -2.16. The van der Waals surface area contributed by atoms with Gasteiger partial charge in [0.05, 0.1) is 23.8 Å². The maximum Gasteiger partial charge on any atom is 0.339 e. The molecule has 1 rings (SSSR count). The summed E-state index contributed by atoms with van der Waals surface area (Å²) in [5, 5.41) is 4.61. The monoisotopic (exact) mass is 430 g/mol. The molecule has 8 nitrogen and oxygen atoms in total. The van der Waals surface area contributed by atoms with Gasteiger partial charge in [-0.05, 0) is 55.8 Å². The summed E-state index contributed by atoms with van der Waals surface area (Å²) in [4.78, 5) is 35.8. The van der Waals surface area contributed by atoms with Gasteiger partial charge in [-0.2, -0.15) is 0 Å². The number of hydrogen-bond acceptors (Lipinski definition) is 6. The van der Waals surface area contributed by atoms with Crippen LogP contribution in [0.1, 0.15) is 38.1 Å². The topological polar surface area (TPSA) is 103 Å². The van der Waals surface area contributed by atoms with Gasteiger partial charge in [-0.1, -0.05) is 0 Å². The summed E-state index contributed by atoms with van der Waals surface area (Å²) in [5.41, 5.74) is 0.170. The van der Waals surface area contributed by atoms with Gasteiger partial charge in [0.2, 0.25) is 0 Å². The number of amides is 3. The molecule has 0 radical (unpaired) electrons. The fraction of sp³-hybridized carbons (Fsp3) is 0.471. The fourth-order valence-electron chi connectivity index (χ4n) is 1.92. The van der Waals surface area contributed by atoms with Gasteiger partial charge in [-0.25, -0.2) is 9.59 Å². The van der Waals surface area contributed by atoms with Gasteiger partial charge < -0.3 is 19.5 Å². The Morgan fingerprint density at radius 3 is 2.38 bits per heavy atom. The number of carbonyl (C=O) groups is 3. The minimum atomic E-state index is -1.16. The maximum absolute atomic E-state index is 12.3. The largest absolute Gasteiger partial charge is 0.493 e. The van der Waals surface area contributed by atoms with Crippen LogP contribution < -0.4 is 20.1 Å². The van der Waals surface area contributed by atoms with Gasteiger partial charge in [0.15, 0.2) is 17.6 Å². The summed E-state index contributed by atoms with van der Waals surface area (Å²) in [6.45, 7) is 7.13. The van der Waals surface area contributed by atoms with Crippen LogP contribution in [0.2, 0.25) is 0 Å². The predicted octanol–water partition coefficient (Wildman–Crippen LogP) is 2.64. The van der Waals surface area contributed by atoms with Crippen molar-refractivity contribution in [2.45, 2.75) is 39.8 Å². The average molecular weight is 431 g/mol. The smallest absolute Gasteiger partial charge is 0.339 e. The standard InChI is InChI=1S/C17H23BrN2O6/c1-6-25-14-12(18)7-11(8-13(14)24-5)16(22)26-10(4)15(21)20-17(23)19-9(2)3/h7-10H,6H2,1-5H3,(H2,19,20,21,23). The Hall–Kier alpha value is -2.29. The van der Waals surface area contributed by atoms with E-state index in [1.54, 1.807) is 13.8 Å². The van der Waals surface area contributed by atoms with Crippen molar-refractivity contribution in [3.63, 3.8) is 0 Å². The number of carbonyl (C=O) groups excluding carboxylic acids is 3. The highest BCUT2D eigenvalue weighted by atomic mass is 79.9. The molecule has 1 atom stereocenters. The molecule has 0 saturated carbocycles.